The van der Waals surface area contributed by atoms with Crippen LogP contribution >= 0.6 is 0 Å². The molecule has 2 fully saturated rings. The zero-order chi connectivity index (χ0) is 25.8. The lowest BCUT2D eigenvalue weighted by Crippen LogP contribution is -2.49. The number of Topliss-reactive ketones (excluding diaryl/α,β-unsaturated/α-hetero) is 1. The van der Waals surface area contributed by atoms with Crippen LogP contribution in [0.3, 0.4) is 0 Å². The number of carbonyl (C=O) groups excluding carboxylic acids is 4. The Kier molecular flexibility index (Phi) is 5.30. The highest BCUT2D eigenvalue weighted by Crippen LogP contribution is 2.52. The molecular weight excluding hydrogens is 468 g/mol. The van der Waals surface area contributed by atoms with Crippen molar-refractivity contribution in [3.8, 4) is 5.75 Å². The second-order valence-corrected chi connectivity index (χ2v) is 9.62. The van der Waals surface area contributed by atoms with Gasteiger partial charge in [-0.25, -0.2) is 4.90 Å². The molecular formula is C30H24N2O5. The number of rotatable bonds is 4. The largest absolute Gasteiger partial charge is 0.424 e. The summed E-state index contributed by atoms with van der Waals surface area (Å²) < 4.78 is 5.53. The summed E-state index contributed by atoms with van der Waals surface area (Å²) in [5, 5.41) is 0. The van der Waals surface area contributed by atoms with Gasteiger partial charge in [-0.2, -0.15) is 0 Å². The van der Waals surface area contributed by atoms with E-state index >= 15 is 0 Å². The van der Waals surface area contributed by atoms with Gasteiger partial charge in [0.25, 0.3) is 0 Å². The van der Waals surface area contributed by atoms with Gasteiger partial charge in [0.05, 0.1) is 29.3 Å². The molecule has 6 rings (SSSR count). The SMILES string of the molecule is CC(=O)Oc1cccc2c1N1C(C=C2)C2C(=O)N(c3ccc(C)cc3)C(=O)C2C1C(=O)c1ccccc1. The van der Waals surface area contributed by atoms with Crippen LogP contribution in [0.4, 0.5) is 11.4 Å². The Morgan fingerprint density at radius 2 is 1.54 bits per heavy atom. The van der Waals surface area contributed by atoms with E-state index in [1.165, 1.54) is 11.8 Å². The molecule has 37 heavy (non-hydrogen) atoms. The van der Waals surface area contributed by atoms with Gasteiger partial charge < -0.3 is 9.64 Å². The molecule has 3 heterocycles. The molecule has 184 valence electrons. The molecule has 0 spiro atoms. The van der Waals surface area contributed by atoms with E-state index in [2.05, 4.69) is 0 Å². The Labute approximate surface area is 213 Å². The van der Waals surface area contributed by atoms with Crippen molar-refractivity contribution in [2.75, 3.05) is 9.80 Å². The number of carbonyl (C=O) groups is 4. The fraction of sp³-hybridized carbons (Fsp3) is 0.200. The Morgan fingerprint density at radius 3 is 2.24 bits per heavy atom. The second-order valence-electron chi connectivity index (χ2n) is 9.62. The van der Waals surface area contributed by atoms with Crippen molar-refractivity contribution < 1.29 is 23.9 Å². The number of nitrogens with zero attached hydrogens (tertiary/aromatic N) is 2. The summed E-state index contributed by atoms with van der Waals surface area (Å²) in [7, 11) is 0. The average molecular weight is 493 g/mol. The number of ketones is 1. The zero-order valence-electron chi connectivity index (χ0n) is 20.3. The minimum Gasteiger partial charge on any atom is -0.424 e. The molecule has 3 aromatic carbocycles. The smallest absolute Gasteiger partial charge is 0.308 e. The Balaban J connectivity index is 1.52. The van der Waals surface area contributed by atoms with Crippen molar-refractivity contribution in [1.82, 2.24) is 0 Å². The highest BCUT2D eigenvalue weighted by atomic mass is 16.5. The van der Waals surface area contributed by atoms with Crippen LogP contribution in [0.1, 0.15) is 28.4 Å². The maximum absolute atomic E-state index is 14.1. The normalized spacial score (nSPS) is 23.5. The molecule has 4 unspecified atom stereocenters. The molecule has 3 aliphatic heterocycles. The molecule has 0 aromatic heterocycles. The second kappa shape index (κ2) is 8.55. The van der Waals surface area contributed by atoms with Crippen molar-refractivity contribution in [3.63, 3.8) is 0 Å². The lowest BCUT2D eigenvalue weighted by Gasteiger charge is -2.37. The third kappa shape index (κ3) is 3.49. The number of anilines is 2. The van der Waals surface area contributed by atoms with Crippen LogP contribution in [-0.2, 0) is 14.4 Å². The monoisotopic (exact) mass is 492 g/mol. The van der Waals surface area contributed by atoms with Crippen LogP contribution in [0.2, 0.25) is 0 Å². The first-order valence-corrected chi connectivity index (χ1v) is 12.2. The van der Waals surface area contributed by atoms with E-state index in [1.54, 1.807) is 48.5 Å². The number of benzene rings is 3. The Hall–Kier alpha value is -4.52. The molecule has 7 nitrogen and oxygen atoms in total. The number of hydrogen-bond donors (Lipinski definition) is 0. The summed E-state index contributed by atoms with van der Waals surface area (Å²) in [6, 6.07) is 19.8. The standard InChI is InChI=1S/C30H24N2O5/c1-17-11-14-21(15-12-17)31-29(35)24-22-16-13-19-9-6-10-23(37-18(2)33)26(19)32(22)27(25(24)30(31)36)28(34)20-7-4-3-5-8-20/h3-16,22,24-25,27H,1-2H3. The average Bonchev–Trinajstić information content (AvgIpc) is 3.37. The first-order chi connectivity index (χ1) is 17.9. The third-order valence-corrected chi connectivity index (χ3v) is 7.36. The van der Waals surface area contributed by atoms with E-state index in [0.29, 0.717) is 22.7 Å². The van der Waals surface area contributed by atoms with Gasteiger partial charge in [-0.05, 0) is 25.1 Å². The van der Waals surface area contributed by atoms with E-state index in [4.69, 9.17) is 4.74 Å². The molecule has 0 N–H and O–H groups in total. The quantitative estimate of drug-likeness (QED) is 0.235. The summed E-state index contributed by atoms with van der Waals surface area (Å²) >= 11 is 0. The summed E-state index contributed by atoms with van der Waals surface area (Å²) in [4.78, 5) is 56.9. The van der Waals surface area contributed by atoms with Gasteiger partial charge >= 0.3 is 5.97 Å². The fourth-order valence-electron chi connectivity index (χ4n) is 5.84. The number of ether oxygens (including phenoxy) is 1. The predicted molar refractivity (Wildman–Crippen MR) is 138 cm³/mol. The number of hydrogen-bond acceptors (Lipinski definition) is 6. The van der Waals surface area contributed by atoms with E-state index in [-0.39, 0.29) is 11.7 Å². The third-order valence-electron chi connectivity index (χ3n) is 7.36. The van der Waals surface area contributed by atoms with E-state index in [9.17, 15) is 19.2 Å². The summed E-state index contributed by atoms with van der Waals surface area (Å²) in [6.45, 7) is 3.25. The molecule has 0 saturated carbocycles. The number of esters is 1. The molecule has 7 heteroatoms. The van der Waals surface area contributed by atoms with Gasteiger partial charge in [-0.1, -0.05) is 72.3 Å². The number of para-hydroxylation sites is 1. The van der Waals surface area contributed by atoms with Crippen LogP contribution in [0.15, 0.2) is 78.9 Å². The number of imide groups is 1. The van der Waals surface area contributed by atoms with Crippen molar-refractivity contribution in [3.05, 3.63) is 95.6 Å². The van der Waals surface area contributed by atoms with Crippen LogP contribution in [0.5, 0.6) is 5.75 Å². The maximum atomic E-state index is 14.1. The predicted octanol–water partition coefficient (Wildman–Crippen LogP) is 4.19. The van der Waals surface area contributed by atoms with Gasteiger partial charge in [-0.15, -0.1) is 0 Å². The van der Waals surface area contributed by atoms with Crippen LogP contribution < -0.4 is 14.5 Å². The molecule has 0 radical (unpaired) electrons. The molecule has 3 aliphatic rings. The molecule has 4 atom stereocenters. The summed E-state index contributed by atoms with van der Waals surface area (Å²) in [5.74, 6) is -2.86. The molecule has 0 bridgehead atoms. The van der Waals surface area contributed by atoms with Gasteiger partial charge in [-0.3, -0.25) is 19.2 Å². The summed E-state index contributed by atoms with van der Waals surface area (Å²) in [5.41, 5.74) is 3.24. The van der Waals surface area contributed by atoms with Gasteiger partial charge in [0.15, 0.2) is 11.5 Å². The minimum atomic E-state index is -0.954. The number of fused-ring (bicyclic) bond motifs is 5. The maximum Gasteiger partial charge on any atom is 0.308 e. The highest BCUT2D eigenvalue weighted by molar-refractivity contribution is 6.25. The topological polar surface area (TPSA) is 84.0 Å². The Morgan fingerprint density at radius 1 is 0.838 bits per heavy atom. The van der Waals surface area contributed by atoms with Gasteiger partial charge in [0.1, 0.15) is 6.04 Å². The lowest BCUT2D eigenvalue weighted by atomic mass is 9.86. The zero-order valence-corrected chi connectivity index (χ0v) is 20.3. The van der Waals surface area contributed by atoms with Gasteiger partial charge in [0, 0.05) is 18.1 Å². The van der Waals surface area contributed by atoms with Crippen molar-refractivity contribution in [2.45, 2.75) is 25.9 Å². The minimum absolute atomic E-state index is 0.260. The van der Waals surface area contributed by atoms with E-state index in [0.717, 1.165) is 11.1 Å². The molecule has 0 aliphatic carbocycles. The van der Waals surface area contributed by atoms with Gasteiger partial charge in [0.2, 0.25) is 11.8 Å². The van der Waals surface area contributed by atoms with Crippen molar-refractivity contribution in [2.24, 2.45) is 11.8 Å². The molecule has 2 saturated heterocycles. The van der Waals surface area contributed by atoms with Crippen LogP contribution in [0.25, 0.3) is 6.08 Å². The van der Waals surface area contributed by atoms with Crippen LogP contribution in [-0.4, -0.2) is 35.7 Å². The first-order valence-electron chi connectivity index (χ1n) is 12.2. The fourth-order valence-corrected chi connectivity index (χ4v) is 5.84. The number of amides is 2. The van der Waals surface area contributed by atoms with Crippen molar-refractivity contribution >= 4 is 41.0 Å². The van der Waals surface area contributed by atoms with E-state index in [1.807, 2.05) is 48.2 Å². The summed E-state index contributed by atoms with van der Waals surface area (Å²) in [6.07, 6.45) is 3.74. The molecule has 3 aromatic rings. The van der Waals surface area contributed by atoms with Crippen LogP contribution in [0, 0.1) is 18.8 Å². The highest BCUT2D eigenvalue weighted by Gasteiger charge is 2.64. The Bertz CT molecular complexity index is 1480. The number of aryl methyl sites for hydroxylation is 1. The molecule has 2 amide bonds. The van der Waals surface area contributed by atoms with Crippen molar-refractivity contribution in [1.29, 1.82) is 0 Å². The first kappa shape index (κ1) is 22.9. The van der Waals surface area contributed by atoms with E-state index < -0.39 is 35.8 Å². The lowest BCUT2D eigenvalue weighted by molar-refractivity contribution is -0.132.